The highest BCUT2D eigenvalue weighted by molar-refractivity contribution is 5.86. The molecule has 2 aliphatic heterocycles. The van der Waals surface area contributed by atoms with Crippen LogP contribution in [0.4, 0.5) is 23.7 Å². The fraction of sp³-hybridized carbons (Fsp3) is 0.304. The van der Waals surface area contributed by atoms with Crippen molar-refractivity contribution in [3.8, 4) is 11.4 Å². The zero-order valence-corrected chi connectivity index (χ0v) is 17.8. The van der Waals surface area contributed by atoms with Crippen LogP contribution in [0.5, 0.6) is 5.75 Å². The maximum atomic E-state index is 15.3. The normalized spacial score (nSPS) is 21.8. The van der Waals surface area contributed by atoms with Gasteiger partial charge in [-0.05, 0) is 30.7 Å². The van der Waals surface area contributed by atoms with Crippen molar-refractivity contribution in [1.29, 1.82) is 0 Å². The molecule has 0 radical (unpaired) electrons. The van der Waals surface area contributed by atoms with Crippen molar-refractivity contribution in [2.75, 3.05) is 31.1 Å². The van der Waals surface area contributed by atoms with Gasteiger partial charge in [0.25, 0.3) is 0 Å². The first-order valence-electron chi connectivity index (χ1n) is 10.6. The first kappa shape index (κ1) is 22.2. The van der Waals surface area contributed by atoms with Crippen LogP contribution in [-0.2, 0) is 4.74 Å². The van der Waals surface area contributed by atoms with Crippen molar-refractivity contribution in [3.63, 3.8) is 0 Å². The number of aromatic nitrogens is 1. The molecule has 3 N–H and O–H groups in total. The topological polar surface area (TPSA) is 107 Å². The molecule has 0 saturated carbocycles. The number of hydrogen-bond donors (Lipinski definition) is 2. The molecule has 2 saturated heterocycles. The van der Waals surface area contributed by atoms with Crippen molar-refractivity contribution >= 4 is 22.7 Å². The van der Waals surface area contributed by atoms with Crippen LogP contribution in [0.1, 0.15) is 6.42 Å². The van der Waals surface area contributed by atoms with Crippen molar-refractivity contribution in [2.24, 2.45) is 11.7 Å². The van der Waals surface area contributed by atoms with Gasteiger partial charge in [-0.3, -0.25) is 4.79 Å². The van der Waals surface area contributed by atoms with Crippen LogP contribution >= 0.6 is 0 Å². The monoisotopic (exact) mass is 475 g/mol. The Hall–Kier alpha value is -3.57. The van der Waals surface area contributed by atoms with E-state index in [1.807, 2.05) is 0 Å². The molecule has 2 fully saturated rings. The van der Waals surface area contributed by atoms with Crippen molar-refractivity contribution < 1.29 is 32.5 Å². The Morgan fingerprint density at radius 2 is 1.97 bits per heavy atom. The number of ether oxygens (including phenoxy) is 2. The lowest BCUT2D eigenvalue weighted by Gasteiger charge is -2.27. The molecule has 34 heavy (non-hydrogen) atoms. The second-order valence-corrected chi connectivity index (χ2v) is 8.46. The summed E-state index contributed by atoms with van der Waals surface area (Å²) in [4.78, 5) is 25.7. The number of rotatable bonds is 4. The zero-order chi connectivity index (χ0) is 24.2. The molecule has 1 aromatic heterocycles. The van der Waals surface area contributed by atoms with Crippen molar-refractivity contribution in [1.82, 2.24) is 4.57 Å². The third-order valence-electron chi connectivity index (χ3n) is 6.59. The molecule has 3 heterocycles. The molecule has 0 aliphatic carbocycles. The van der Waals surface area contributed by atoms with Crippen LogP contribution in [-0.4, -0.2) is 47.7 Å². The number of carbonyl (C=O) groups is 1. The molecule has 0 bridgehead atoms. The maximum Gasteiger partial charge on any atom is 0.511 e. The Balaban J connectivity index is 1.72. The Kier molecular flexibility index (Phi) is 5.25. The molecular weight excluding hydrogens is 455 g/mol. The van der Waals surface area contributed by atoms with E-state index in [0.717, 1.165) is 35.4 Å². The summed E-state index contributed by atoms with van der Waals surface area (Å²) < 4.78 is 55.0. The van der Waals surface area contributed by atoms with Crippen LogP contribution < -0.4 is 20.8 Å². The summed E-state index contributed by atoms with van der Waals surface area (Å²) in [5.74, 6) is -3.06. The second kappa shape index (κ2) is 8.03. The number of hydrogen-bond acceptors (Lipinski definition) is 6. The number of nitrogens with zero attached hydrogens (tertiary/aromatic N) is 2. The minimum atomic E-state index is -1.77. The predicted molar refractivity (Wildman–Crippen MR) is 116 cm³/mol. The molecular formula is C23H20F3N3O5. The first-order chi connectivity index (χ1) is 16.2. The summed E-state index contributed by atoms with van der Waals surface area (Å²) in [6.45, 7) is 1.66. The van der Waals surface area contributed by atoms with E-state index in [-0.39, 0.29) is 34.7 Å². The van der Waals surface area contributed by atoms with Gasteiger partial charge >= 0.3 is 6.16 Å². The van der Waals surface area contributed by atoms with Crippen LogP contribution in [0.15, 0.2) is 41.3 Å². The molecule has 2 aromatic carbocycles. The summed E-state index contributed by atoms with van der Waals surface area (Å²) in [5, 5.41) is 8.76. The minimum Gasteiger partial charge on any atom is -0.449 e. The van der Waals surface area contributed by atoms with E-state index in [2.05, 4.69) is 4.74 Å². The van der Waals surface area contributed by atoms with Crippen LogP contribution in [0.25, 0.3) is 16.6 Å². The van der Waals surface area contributed by atoms with Gasteiger partial charge in [0, 0.05) is 38.2 Å². The summed E-state index contributed by atoms with van der Waals surface area (Å²) in [6, 6.07) is 5.12. The van der Waals surface area contributed by atoms with E-state index >= 15 is 4.39 Å². The van der Waals surface area contributed by atoms with Crippen molar-refractivity contribution in [2.45, 2.75) is 12.0 Å². The SMILES string of the molecule is NCC12CN(c3cc4c(cc3F)c(=O)c(OC(=O)O)cn4-c3ccc(F)cc3F)CC1CCO2. The molecule has 2 atom stereocenters. The van der Waals surface area contributed by atoms with E-state index in [1.165, 1.54) is 6.07 Å². The molecule has 11 heteroatoms. The summed E-state index contributed by atoms with van der Waals surface area (Å²) in [6.07, 6.45) is -0.0000529. The number of halogens is 3. The Morgan fingerprint density at radius 1 is 1.21 bits per heavy atom. The van der Waals surface area contributed by atoms with E-state index < -0.39 is 40.4 Å². The van der Waals surface area contributed by atoms with E-state index in [1.54, 1.807) is 4.90 Å². The zero-order valence-electron chi connectivity index (χ0n) is 17.8. The standard InChI is InChI=1S/C23H20F3N3O5/c24-13-1-2-17(15(25)5-13)29-9-20(34-22(31)32)21(30)14-6-16(26)19(7-18(14)29)28-8-12-3-4-33-23(12,10-27)11-28/h1-2,5-7,9,12H,3-4,8,10-11,27H2,(H,31,32). The number of anilines is 1. The Bertz CT molecular complexity index is 1380. The van der Waals surface area contributed by atoms with Gasteiger partial charge in [0.1, 0.15) is 23.1 Å². The fourth-order valence-corrected chi connectivity index (χ4v) is 4.94. The van der Waals surface area contributed by atoms with Gasteiger partial charge in [-0.15, -0.1) is 0 Å². The number of pyridine rings is 1. The van der Waals surface area contributed by atoms with Crippen LogP contribution in [0.2, 0.25) is 0 Å². The lowest BCUT2D eigenvalue weighted by Crippen LogP contribution is -2.44. The summed E-state index contributed by atoms with van der Waals surface area (Å²) in [5.41, 5.74) is 4.54. The Labute approximate surface area is 190 Å². The molecule has 5 rings (SSSR count). The van der Waals surface area contributed by atoms with E-state index in [9.17, 15) is 18.4 Å². The van der Waals surface area contributed by atoms with Crippen LogP contribution in [0, 0.1) is 23.4 Å². The quantitative estimate of drug-likeness (QED) is 0.559. The third-order valence-corrected chi connectivity index (χ3v) is 6.59. The van der Waals surface area contributed by atoms with Crippen LogP contribution in [0.3, 0.4) is 0 Å². The van der Waals surface area contributed by atoms with Gasteiger partial charge in [-0.2, -0.15) is 0 Å². The molecule has 3 aromatic rings. The lowest BCUT2D eigenvalue weighted by atomic mass is 9.91. The number of carboxylic acid groups (broad SMARTS) is 1. The number of benzene rings is 2. The summed E-state index contributed by atoms with van der Waals surface area (Å²) >= 11 is 0. The van der Waals surface area contributed by atoms with Crippen molar-refractivity contribution in [3.05, 3.63) is 64.2 Å². The highest BCUT2D eigenvalue weighted by Crippen LogP contribution is 2.41. The molecule has 0 amide bonds. The Morgan fingerprint density at radius 3 is 2.65 bits per heavy atom. The predicted octanol–water partition coefficient (Wildman–Crippen LogP) is 3.02. The average Bonchev–Trinajstić information content (AvgIpc) is 3.33. The summed E-state index contributed by atoms with van der Waals surface area (Å²) in [7, 11) is 0. The fourth-order valence-electron chi connectivity index (χ4n) is 4.94. The molecule has 2 aliphatic rings. The second-order valence-electron chi connectivity index (χ2n) is 8.46. The van der Waals surface area contributed by atoms with Gasteiger partial charge in [-0.1, -0.05) is 0 Å². The average molecular weight is 475 g/mol. The van der Waals surface area contributed by atoms with Gasteiger partial charge in [0.2, 0.25) is 5.43 Å². The van der Waals surface area contributed by atoms with Gasteiger partial charge in [0.05, 0.1) is 28.5 Å². The van der Waals surface area contributed by atoms with Gasteiger partial charge in [-0.25, -0.2) is 18.0 Å². The highest BCUT2D eigenvalue weighted by atomic mass is 19.1. The van der Waals surface area contributed by atoms with E-state index in [4.69, 9.17) is 15.6 Å². The smallest absolute Gasteiger partial charge is 0.449 e. The maximum absolute atomic E-state index is 15.3. The third kappa shape index (κ3) is 3.48. The number of nitrogens with two attached hydrogens (primary N) is 1. The van der Waals surface area contributed by atoms with Gasteiger partial charge < -0.3 is 29.8 Å². The van der Waals surface area contributed by atoms with Gasteiger partial charge in [0.15, 0.2) is 5.75 Å². The largest absolute Gasteiger partial charge is 0.511 e. The highest BCUT2D eigenvalue weighted by Gasteiger charge is 2.50. The van der Waals surface area contributed by atoms with E-state index in [0.29, 0.717) is 25.8 Å². The molecule has 2 unspecified atom stereocenters. The number of fused-ring (bicyclic) bond motifs is 2. The molecule has 8 nitrogen and oxygen atoms in total. The molecule has 0 spiro atoms. The lowest BCUT2D eigenvalue weighted by molar-refractivity contribution is 0.0126. The first-order valence-corrected chi connectivity index (χ1v) is 10.6. The molecule has 178 valence electrons. The minimum absolute atomic E-state index is 0.0874.